The Labute approximate surface area is 181 Å². The summed E-state index contributed by atoms with van der Waals surface area (Å²) in [5.74, 6) is 0.323. The molecule has 30 heavy (non-hydrogen) atoms. The zero-order valence-electron chi connectivity index (χ0n) is 16.1. The molecule has 0 atom stereocenters. The number of carbonyl (C=O) groups excluding carboxylic acids is 2. The van der Waals surface area contributed by atoms with E-state index < -0.39 is 4.92 Å². The number of nitro groups is 1. The highest BCUT2D eigenvalue weighted by Gasteiger charge is 2.31. The van der Waals surface area contributed by atoms with Crippen LogP contribution in [-0.2, 0) is 11.4 Å². The molecule has 0 aliphatic carbocycles. The minimum atomic E-state index is -0.472. The first-order valence-electron chi connectivity index (χ1n) is 8.84. The van der Waals surface area contributed by atoms with Crippen LogP contribution in [0.15, 0.2) is 41.3 Å². The zero-order valence-corrected chi connectivity index (χ0v) is 17.7. The Bertz CT molecular complexity index is 1040. The first kappa shape index (κ1) is 21.7. The lowest BCUT2D eigenvalue weighted by molar-refractivity contribution is -0.384. The first-order chi connectivity index (χ1) is 14.3. The minimum absolute atomic E-state index is 0.00682. The van der Waals surface area contributed by atoms with Gasteiger partial charge in [-0.05, 0) is 60.2 Å². The average Bonchev–Trinajstić information content (AvgIpc) is 2.94. The predicted octanol–water partition coefficient (Wildman–Crippen LogP) is 4.89. The number of nitrogens with zero attached hydrogens (tertiary/aromatic N) is 2. The quantitative estimate of drug-likeness (QED) is 0.337. The molecule has 1 heterocycles. The Morgan fingerprint density at radius 1 is 1.20 bits per heavy atom. The van der Waals surface area contributed by atoms with Gasteiger partial charge < -0.3 is 9.47 Å². The Morgan fingerprint density at radius 2 is 1.90 bits per heavy atom. The van der Waals surface area contributed by atoms with E-state index in [-0.39, 0.29) is 28.5 Å². The van der Waals surface area contributed by atoms with Crippen LogP contribution in [0.2, 0.25) is 5.02 Å². The normalized spacial score (nSPS) is 15.0. The van der Waals surface area contributed by atoms with Crippen LogP contribution < -0.4 is 9.47 Å². The zero-order chi connectivity index (χ0) is 21.8. The third-order valence-electron chi connectivity index (χ3n) is 4.15. The Hall–Kier alpha value is -3.04. The molecule has 1 fully saturated rings. The van der Waals surface area contributed by atoms with Gasteiger partial charge in [-0.15, -0.1) is 0 Å². The lowest BCUT2D eigenvalue weighted by Crippen LogP contribution is -2.22. The summed E-state index contributed by atoms with van der Waals surface area (Å²) >= 11 is 7.24. The van der Waals surface area contributed by atoms with Crippen molar-refractivity contribution in [1.29, 1.82) is 0 Å². The number of amides is 2. The summed E-state index contributed by atoms with van der Waals surface area (Å²) in [5, 5.41) is 10.7. The molecule has 156 valence electrons. The number of thioether (sulfide) groups is 1. The van der Waals surface area contributed by atoms with Crippen molar-refractivity contribution in [3.05, 3.63) is 67.6 Å². The van der Waals surface area contributed by atoms with Crippen LogP contribution in [0.4, 0.5) is 10.5 Å². The van der Waals surface area contributed by atoms with E-state index in [1.165, 1.54) is 19.2 Å². The smallest absolute Gasteiger partial charge is 0.293 e. The number of hydrogen-bond donors (Lipinski definition) is 0. The maximum Gasteiger partial charge on any atom is 0.293 e. The van der Waals surface area contributed by atoms with Gasteiger partial charge in [0.1, 0.15) is 6.61 Å². The van der Waals surface area contributed by atoms with Crippen molar-refractivity contribution in [3.8, 4) is 11.5 Å². The van der Waals surface area contributed by atoms with Gasteiger partial charge in [0.05, 0.1) is 21.5 Å². The maximum absolute atomic E-state index is 12.1. The third kappa shape index (κ3) is 4.74. The first-order valence-corrected chi connectivity index (χ1v) is 10.0. The van der Waals surface area contributed by atoms with Crippen LogP contribution >= 0.6 is 23.4 Å². The van der Waals surface area contributed by atoms with Crippen LogP contribution in [0.5, 0.6) is 11.5 Å². The van der Waals surface area contributed by atoms with E-state index in [2.05, 4.69) is 0 Å². The van der Waals surface area contributed by atoms with E-state index in [9.17, 15) is 19.7 Å². The van der Waals surface area contributed by atoms with Gasteiger partial charge in [-0.25, -0.2) is 0 Å². The van der Waals surface area contributed by atoms with Crippen molar-refractivity contribution >= 4 is 46.3 Å². The summed E-state index contributed by atoms with van der Waals surface area (Å²) in [6.07, 6.45) is 1.57. The number of likely N-dealkylation sites (N-methyl/N-ethyl adjacent to an activating group) is 1. The van der Waals surface area contributed by atoms with Gasteiger partial charge in [0, 0.05) is 19.2 Å². The summed E-state index contributed by atoms with van der Waals surface area (Å²) in [7, 11) is 1.42. The van der Waals surface area contributed by atoms with Crippen molar-refractivity contribution in [3.63, 3.8) is 0 Å². The molecule has 8 nitrogen and oxygen atoms in total. The molecule has 2 aromatic carbocycles. The molecule has 0 radical (unpaired) electrons. The van der Waals surface area contributed by atoms with Gasteiger partial charge in [0.25, 0.3) is 16.8 Å². The summed E-state index contributed by atoms with van der Waals surface area (Å²) in [6.45, 7) is 2.30. The van der Waals surface area contributed by atoms with E-state index in [1.807, 2.05) is 6.92 Å². The fraction of sp³-hybridized carbons (Fsp3) is 0.200. The van der Waals surface area contributed by atoms with E-state index in [0.29, 0.717) is 28.6 Å². The molecule has 10 heteroatoms. The van der Waals surface area contributed by atoms with Gasteiger partial charge in [-0.2, -0.15) is 0 Å². The van der Waals surface area contributed by atoms with Crippen molar-refractivity contribution < 1.29 is 24.0 Å². The second kappa shape index (κ2) is 9.19. The lowest BCUT2D eigenvalue weighted by atomic mass is 10.1. The number of benzene rings is 2. The number of imide groups is 1. The Kier molecular flexibility index (Phi) is 6.63. The molecule has 1 aliphatic rings. The molecule has 1 aliphatic heterocycles. The van der Waals surface area contributed by atoms with Gasteiger partial charge in [-0.1, -0.05) is 11.6 Å². The average molecular weight is 449 g/mol. The van der Waals surface area contributed by atoms with Crippen molar-refractivity contribution in [1.82, 2.24) is 4.90 Å². The van der Waals surface area contributed by atoms with E-state index in [1.54, 1.807) is 30.3 Å². The summed E-state index contributed by atoms with van der Waals surface area (Å²) in [5.41, 5.74) is 1.30. The second-order valence-corrected chi connectivity index (χ2v) is 7.62. The lowest BCUT2D eigenvalue weighted by Gasteiger charge is -2.14. The molecule has 0 aromatic heterocycles. The van der Waals surface area contributed by atoms with Crippen LogP contribution in [0.1, 0.15) is 18.1 Å². The van der Waals surface area contributed by atoms with E-state index >= 15 is 0 Å². The SMILES string of the molecule is CCOc1cc(/C=C2\SC(=O)N(C)C2=O)cc(Cl)c1OCc1ccc([N+](=O)[O-])cc1. The molecule has 0 N–H and O–H groups in total. The minimum Gasteiger partial charge on any atom is -0.490 e. The monoisotopic (exact) mass is 448 g/mol. The van der Waals surface area contributed by atoms with E-state index in [4.69, 9.17) is 21.1 Å². The van der Waals surface area contributed by atoms with Crippen molar-refractivity contribution in [2.75, 3.05) is 13.7 Å². The second-order valence-electron chi connectivity index (χ2n) is 6.22. The van der Waals surface area contributed by atoms with Crippen molar-refractivity contribution in [2.45, 2.75) is 13.5 Å². The fourth-order valence-corrected chi connectivity index (χ4v) is 3.74. The number of nitro benzene ring substituents is 1. The van der Waals surface area contributed by atoms with Crippen LogP contribution in [0, 0.1) is 10.1 Å². The molecular weight excluding hydrogens is 432 g/mol. The van der Waals surface area contributed by atoms with Gasteiger partial charge in [0.2, 0.25) is 0 Å². The summed E-state index contributed by atoms with van der Waals surface area (Å²) in [4.78, 5) is 35.4. The highest BCUT2D eigenvalue weighted by molar-refractivity contribution is 8.18. The molecule has 2 aromatic rings. The largest absolute Gasteiger partial charge is 0.490 e. The molecule has 0 bridgehead atoms. The van der Waals surface area contributed by atoms with Gasteiger partial charge >= 0.3 is 0 Å². The third-order valence-corrected chi connectivity index (χ3v) is 5.39. The highest BCUT2D eigenvalue weighted by atomic mass is 35.5. The number of ether oxygens (including phenoxy) is 2. The highest BCUT2D eigenvalue weighted by Crippen LogP contribution is 2.39. The van der Waals surface area contributed by atoms with Crippen LogP contribution in [0.25, 0.3) is 6.08 Å². The standard InChI is InChI=1S/C20H17ClN2O6S/c1-3-28-16-9-13(10-17-19(24)22(2)20(25)30-17)8-15(21)18(16)29-11-12-4-6-14(7-5-12)23(26)27/h4-10H,3,11H2,1-2H3/b17-10-. The summed E-state index contributed by atoms with van der Waals surface area (Å²) < 4.78 is 11.4. The van der Waals surface area contributed by atoms with Gasteiger partial charge in [-0.3, -0.25) is 24.6 Å². The number of halogens is 1. The fourth-order valence-electron chi connectivity index (χ4n) is 2.64. The molecule has 2 amide bonds. The number of non-ortho nitro benzene ring substituents is 1. The van der Waals surface area contributed by atoms with Crippen LogP contribution in [0.3, 0.4) is 0 Å². The molecule has 0 spiro atoms. The number of carbonyl (C=O) groups is 2. The number of rotatable bonds is 7. The molecule has 0 saturated carbocycles. The topological polar surface area (TPSA) is 99.0 Å². The Morgan fingerprint density at radius 3 is 2.47 bits per heavy atom. The van der Waals surface area contributed by atoms with Gasteiger partial charge in [0.15, 0.2) is 11.5 Å². The predicted molar refractivity (Wildman–Crippen MR) is 114 cm³/mol. The molecule has 3 rings (SSSR count). The van der Waals surface area contributed by atoms with E-state index in [0.717, 1.165) is 22.2 Å². The maximum atomic E-state index is 12.1. The molecule has 1 saturated heterocycles. The summed E-state index contributed by atoms with van der Waals surface area (Å²) in [6, 6.07) is 9.27. The molecular formula is C20H17ClN2O6S. The molecule has 0 unspecified atom stereocenters. The van der Waals surface area contributed by atoms with Crippen LogP contribution in [-0.4, -0.2) is 34.6 Å². The van der Waals surface area contributed by atoms with Crippen molar-refractivity contribution in [2.24, 2.45) is 0 Å². The number of hydrogen-bond acceptors (Lipinski definition) is 7. The Balaban J connectivity index is 1.84.